The van der Waals surface area contributed by atoms with Gasteiger partial charge in [0.25, 0.3) is 11.8 Å². The molecule has 0 bridgehead atoms. The quantitative estimate of drug-likeness (QED) is 0.837. The van der Waals surface area contributed by atoms with Crippen molar-refractivity contribution in [2.45, 2.75) is 52.6 Å². The number of nitrogens with zero attached hydrogens (tertiary/aromatic N) is 1. The van der Waals surface area contributed by atoms with Crippen LogP contribution in [0.15, 0.2) is 18.2 Å². The van der Waals surface area contributed by atoms with Crippen LogP contribution in [0, 0.1) is 0 Å². The van der Waals surface area contributed by atoms with Gasteiger partial charge in [-0.3, -0.25) is 9.59 Å². The van der Waals surface area contributed by atoms with E-state index in [-0.39, 0.29) is 35.3 Å². The minimum atomic E-state index is -0.252. The van der Waals surface area contributed by atoms with Gasteiger partial charge in [-0.2, -0.15) is 0 Å². The first kappa shape index (κ1) is 16.1. The molecule has 0 saturated carbocycles. The van der Waals surface area contributed by atoms with E-state index in [1.807, 2.05) is 27.7 Å². The van der Waals surface area contributed by atoms with Crippen molar-refractivity contribution in [2.24, 2.45) is 0 Å². The van der Waals surface area contributed by atoms with Crippen molar-refractivity contribution in [1.29, 1.82) is 0 Å². The van der Waals surface area contributed by atoms with Gasteiger partial charge in [0.1, 0.15) is 11.4 Å². The highest BCUT2D eigenvalue weighted by Gasteiger charge is 2.14. The van der Waals surface area contributed by atoms with Crippen molar-refractivity contribution in [2.75, 3.05) is 0 Å². The molecule has 1 aromatic rings. The lowest BCUT2D eigenvalue weighted by atomic mass is 10.2. The molecule has 0 aliphatic rings. The first-order valence-corrected chi connectivity index (χ1v) is 7.06. The van der Waals surface area contributed by atoms with Gasteiger partial charge in [0.15, 0.2) is 0 Å². The molecule has 20 heavy (non-hydrogen) atoms. The Bertz CT molecular complexity index is 435. The molecular weight excluding hydrogens is 254 g/mol. The average Bonchev–Trinajstić information content (AvgIpc) is 2.46. The SMILES string of the molecule is CCC(C)NC(=O)c1cccc(C(=O)NC(C)CC)n1. The Hall–Kier alpha value is -1.91. The van der Waals surface area contributed by atoms with E-state index in [4.69, 9.17) is 0 Å². The van der Waals surface area contributed by atoms with Crippen LogP contribution >= 0.6 is 0 Å². The van der Waals surface area contributed by atoms with E-state index in [1.54, 1.807) is 18.2 Å². The van der Waals surface area contributed by atoms with Gasteiger partial charge < -0.3 is 10.6 Å². The molecule has 0 aliphatic carbocycles. The van der Waals surface area contributed by atoms with Crippen molar-refractivity contribution in [3.05, 3.63) is 29.6 Å². The summed E-state index contributed by atoms with van der Waals surface area (Å²) in [7, 11) is 0. The fraction of sp³-hybridized carbons (Fsp3) is 0.533. The Morgan fingerprint density at radius 2 is 1.40 bits per heavy atom. The lowest BCUT2D eigenvalue weighted by Gasteiger charge is -2.13. The first-order chi connectivity index (χ1) is 9.47. The summed E-state index contributed by atoms with van der Waals surface area (Å²) in [5.41, 5.74) is 0.532. The largest absolute Gasteiger partial charge is 0.348 e. The number of amides is 2. The molecule has 0 radical (unpaired) electrons. The van der Waals surface area contributed by atoms with E-state index in [2.05, 4.69) is 15.6 Å². The van der Waals surface area contributed by atoms with Gasteiger partial charge in [0.05, 0.1) is 0 Å². The second-order valence-corrected chi connectivity index (χ2v) is 4.97. The van der Waals surface area contributed by atoms with Gasteiger partial charge >= 0.3 is 0 Å². The smallest absolute Gasteiger partial charge is 0.270 e. The van der Waals surface area contributed by atoms with E-state index < -0.39 is 0 Å². The second kappa shape index (κ2) is 7.62. The summed E-state index contributed by atoms with van der Waals surface area (Å²) in [6.07, 6.45) is 1.69. The molecule has 1 aromatic heterocycles. The molecule has 0 aliphatic heterocycles. The van der Waals surface area contributed by atoms with E-state index in [9.17, 15) is 9.59 Å². The molecular formula is C15H23N3O2. The van der Waals surface area contributed by atoms with Crippen LogP contribution < -0.4 is 10.6 Å². The monoisotopic (exact) mass is 277 g/mol. The predicted molar refractivity (Wildman–Crippen MR) is 78.7 cm³/mol. The Balaban J connectivity index is 2.80. The Kier molecular flexibility index (Phi) is 6.15. The molecule has 2 unspecified atom stereocenters. The van der Waals surface area contributed by atoms with E-state index in [1.165, 1.54) is 0 Å². The number of aromatic nitrogens is 1. The van der Waals surface area contributed by atoms with Crippen molar-refractivity contribution < 1.29 is 9.59 Å². The van der Waals surface area contributed by atoms with Gasteiger partial charge in [-0.25, -0.2) is 4.98 Å². The Morgan fingerprint density at radius 1 is 1.00 bits per heavy atom. The zero-order chi connectivity index (χ0) is 15.1. The molecule has 0 fully saturated rings. The Morgan fingerprint density at radius 3 is 1.75 bits per heavy atom. The minimum Gasteiger partial charge on any atom is -0.348 e. The highest BCUT2D eigenvalue weighted by molar-refractivity contribution is 5.96. The van der Waals surface area contributed by atoms with Crippen LogP contribution in [0.4, 0.5) is 0 Å². The fourth-order valence-electron chi connectivity index (χ4n) is 1.49. The number of rotatable bonds is 6. The summed E-state index contributed by atoms with van der Waals surface area (Å²) < 4.78 is 0. The summed E-state index contributed by atoms with van der Waals surface area (Å²) in [5.74, 6) is -0.505. The molecule has 0 spiro atoms. The lowest BCUT2D eigenvalue weighted by Crippen LogP contribution is -2.34. The molecule has 2 atom stereocenters. The number of carbonyl (C=O) groups is 2. The standard InChI is InChI=1S/C15H23N3O2/c1-5-10(3)16-14(19)12-8-7-9-13(18-12)15(20)17-11(4)6-2/h7-11H,5-6H2,1-4H3,(H,16,19)(H,17,20). The van der Waals surface area contributed by atoms with Crippen LogP contribution in [-0.2, 0) is 0 Å². The summed E-state index contributed by atoms with van der Waals surface area (Å²) in [6.45, 7) is 7.84. The molecule has 1 rings (SSSR count). The maximum absolute atomic E-state index is 12.0. The van der Waals surface area contributed by atoms with Crippen LogP contribution in [0.3, 0.4) is 0 Å². The number of nitrogens with one attached hydrogen (secondary N) is 2. The van der Waals surface area contributed by atoms with E-state index in [0.717, 1.165) is 12.8 Å². The van der Waals surface area contributed by atoms with Crippen LogP contribution in [0.2, 0.25) is 0 Å². The van der Waals surface area contributed by atoms with Gasteiger partial charge in [-0.15, -0.1) is 0 Å². The summed E-state index contributed by atoms with van der Waals surface area (Å²) in [6, 6.07) is 5.06. The number of carbonyl (C=O) groups excluding carboxylic acids is 2. The first-order valence-electron chi connectivity index (χ1n) is 7.06. The normalized spacial score (nSPS) is 13.4. The topological polar surface area (TPSA) is 71.1 Å². The van der Waals surface area contributed by atoms with E-state index >= 15 is 0 Å². The maximum atomic E-state index is 12.0. The predicted octanol–water partition coefficient (Wildman–Crippen LogP) is 2.14. The number of hydrogen-bond acceptors (Lipinski definition) is 3. The van der Waals surface area contributed by atoms with E-state index in [0.29, 0.717) is 0 Å². The molecule has 2 amide bonds. The van der Waals surface area contributed by atoms with Crippen molar-refractivity contribution in [1.82, 2.24) is 15.6 Å². The molecule has 5 heteroatoms. The zero-order valence-electron chi connectivity index (χ0n) is 12.6. The van der Waals surface area contributed by atoms with Crippen LogP contribution in [-0.4, -0.2) is 28.9 Å². The van der Waals surface area contributed by atoms with Gasteiger partial charge in [-0.1, -0.05) is 19.9 Å². The van der Waals surface area contributed by atoms with Crippen molar-refractivity contribution in [3.63, 3.8) is 0 Å². The molecule has 5 nitrogen and oxygen atoms in total. The third kappa shape index (κ3) is 4.64. The average molecular weight is 277 g/mol. The van der Waals surface area contributed by atoms with Crippen LogP contribution in [0.1, 0.15) is 61.5 Å². The van der Waals surface area contributed by atoms with Crippen LogP contribution in [0.25, 0.3) is 0 Å². The molecule has 110 valence electrons. The summed E-state index contributed by atoms with van der Waals surface area (Å²) in [5, 5.41) is 5.66. The highest BCUT2D eigenvalue weighted by Crippen LogP contribution is 2.02. The number of hydrogen-bond donors (Lipinski definition) is 2. The maximum Gasteiger partial charge on any atom is 0.270 e. The molecule has 0 saturated heterocycles. The third-order valence-electron chi connectivity index (χ3n) is 3.19. The molecule has 0 aromatic carbocycles. The second-order valence-electron chi connectivity index (χ2n) is 4.97. The summed E-state index contributed by atoms with van der Waals surface area (Å²) in [4.78, 5) is 28.0. The van der Waals surface area contributed by atoms with Crippen molar-refractivity contribution >= 4 is 11.8 Å². The molecule has 2 N–H and O–H groups in total. The van der Waals surface area contributed by atoms with Gasteiger partial charge in [-0.05, 0) is 38.8 Å². The summed E-state index contributed by atoms with van der Waals surface area (Å²) >= 11 is 0. The molecule has 1 heterocycles. The van der Waals surface area contributed by atoms with Gasteiger partial charge in [0.2, 0.25) is 0 Å². The number of pyridine rings is 1. The van der Waals surface area contributed by atoms with Crippen LogP contribution in [0.5, 0.6) is 0 Å². The lowest BCUT2D eigenvalue weighted by molar-refractivity contribution is 0.0930. The minimum absolute atomic E-state index is 0.0851. The fourth-order valence-corrected chi connectivity index (χ4v) is 1.49. The zero-order valence-corrected chi connectivity index (χ0v) is 12.6. The highest BCUT2D eigenvalue weighted by atomic mass is 16.2. The van der Waals surface area contributed by atoms with Gasteiger partial charge in [0, 0.05) is 12.1 Å². The third-order valence-corrected chi connectivity index (χ3v) is 3.19. The van der Waals surface area contributed by atoms with Crippen molar-refractivity contribution in [3.8, 4) is 0 Å². The Labute approximate surface area is 120 Å².